The molecule has 2 saturated heterocycles. The predicted octanol–water partition coefficient (Wildman–Crippen LogP) is 0.706. The highest BCUT2D eigenvalue weighted by Gasteiger charge is 2.50. The number of fused-ring (bicyclic) bond motifs is 1. The van der Waals surface area contributed by atoms with Gasteiger partial charge >= 0.3 is 0 Å². The van der Waals surface area contributed by atoms with Crippen LogP contribution in [-0.2, 0) is 0 Å². The smallest absolute Gasteiger partial charge is 0.276 e. The van der Waals surface area contributed by atoms with Gasteiger partial charge < -0.3 is 4.90 Å². The largest absolute Gasteiger partial charge is 0.337 e. The molecule has 0 bridgehead atoms. The number of hydrogen-bond acceptors (Lipinski definition) is 5. The number of rotatable bonds is 2. The standard InChI is InChI=1S/C16H16N6O2S/c1-10-11(14(24)20-6-16(7-20)8-25-9-16)5-17-22(10)15-18-13(23)12-3-2-4-21(12)19-15/h2-5H,6-9H2,1H3,(H,18,19,23). The molecule has 1 spiro atoms. The molecule has 0 unspecified atom stereocenters. The minimum atomic E-state index is -0.245. The van der Waals surface area contributed by atoms with Crippen LogP contribution >= 0.6 is 11.8 Å². The van der Waals surface area contributed by atoms with Crippen molar-refractivity contribution in [2.75, 3.05) is 24.6 Å². The summed E-state index contributed by atoms with van der Waals surface area (Å²) in [6.07, 6.45) is 3.26. The summed E-state index contributed by atoms with van der Waals surface area (Å²) in [5.74, 6) is 2.59. The van der Waals surface area contributed by atoms with Gasteiger partial charge in [0.1, 0.15) is 5.52 Å². The molecule has 8 nitrogen and oxygen atoms in total. The van der Waals surface area contributed by atoms with Crippen LogP contribution in [0.25, 0.3) is 11.5 Å². The zero-order valence-corrected chi connectivity index (χ0v) is 14.4. The van der Waals surface area contributed by atoms with Crippen LogP contribution in [0.1, 0.15) is 16.1 Å². The number of nitrogens with zero attached hydrogens (tertiary/aromatic N) is 5. The molecule has 0 radical (unpaired) electrons. The number of carbonyl (C=O) groups excluding carboxylic acids is 1. The highest BCUT2D eigenvalue weighted by molar-refractivity contribution is 8.00. The molecule has 0 aromatic carbocycles. The van der Waals surface area contributed by atoms with E-state index in [1.54, 1.807) is 24.5 Å². The van der Waals surface area contributed by atoms with Crippen molar-refractivity contribution < 1.29 is 4.79 Å². The predicted molar refractivity (Wildman–Crippen MR) is 93.3 cm³/mol. The van der Waals surface area contributed by atoms with Crippen LogP contribution in [0, 0.1) is 12.3 Å². The van der Waals surface area contributed by atoms with E-state index in [1.165, 1.54) is 9.20 Å². The maximum Gasteiger partial charge on any atom is 0.276 e. The van der Waals surface area contributed by atoms with Gasteiger partial charge in [0.15, 0.2) is 0 Å². The number of nitrogens with one attached hydrogen (secondary N) is 1. The molecule has 3 aromatic heterocycles. The van der Waals surface area contributed by atoms with Crippen molar-refractivity contribution >= 4 is 23.2 Å². The molecular weight excluding hydrogens is 340 g/mol. The van der Waals surface area contributed by atoms with Gasteiger partial charge in [-0.1, -0.05) is 0 Å². The number of thioether (sulfide) groups is 1. The third kappa shape index (κ3) is 2.08. The Labute approximate surface area is 146 Å². The molecule has 5 rings (SSSR count). The van der Waals surface area contributed by atoms with Crippen LogP contribution in [0.5, 0.6) is 0 Å². The Morgan fingerprint density at radius 1 is 1.36 bits per heavy atom. The molecule has 2 fully saturated rings. The number of carbonyl (C=O) groups is 1. The van der Waals surface area contributed by atoms with Crippen molar-refractivity contribution in [1.29, 1.82) is 0 Å². The second-order valence-electron chi connectivity index (χ2n) is 6.83. The lowest BCUT2D eigenvalue weighted by Crippen LogP contribution is -2.64. The van der Waals surface area contributed by atoms with E-state index in [9.17, 15) is 9.59 Å². The van der Waals surface area contributed by atoms with E-state index >= 15 is 0 Å². The molecule has 0 aliphatic carbocycles. The van der Waals surface area contributed by atoms with Crippen molar-refractivity contribution in [2.24, 2.45) is 5.41 Å². The molecule has 128 valence electrons. The zero-order chi connectivity index (χ0) is 17.2. The van der Waals surface area contributed by atoms with E-state index in [1.807, 2.05) is 23.6 Å². The number of amides is 1. The van der Waals surface area contributed by atoms with Gasteiger partial charge in [-0.2, -0.15) is 16.9 Å². The Morgan fingerprint density at radius 3 is 2.88 bits per heavy atom. The first-order valence-corrected chi connectivity index (χ1v) is 9.22. The van der Waals surface area contributed by atoms with Crippen molar-refractivity contribution in [3.63, 3.8) is 0 Å². The van der Waals surface area contributed by atoms with E-state index in [4.69, 9.17) is 0 Å². The summed E-state index contributed by atoms with van der Waals surface area (Å²) in [6.45, 7) is 3.47. The second-order valence-corrected chi connectivity index (χ2v) is 7.81. The maximum absolute atomic E-state index is 12.7. The SMILES string of the molecule is Cc1c(C(=O)N2CC3(CSC3)C2)cnn1-c1nn2cccc2c(=O)[nH]1. The van der Waals surface area contributed by atoms with Gasteiger partial charge in [0, 0.05) is 36.2 Å². The fraction of sp³-hybridized carbons (Fsp3) is 0.375. The van der Waals surface area contributed by atoms with Crippen LogP contribution in [0.4, 0.5) is 0 Å². The maximum atomic E-state index is 12.7. The normalized spacial score (nSPS) is 18.4. The molecule has 2 aliphatic heterocycles. The van der Waals surface area contributed by atoms with Crippen molar-refractivity contribution in [3.8, 4) is 5.95 Å². The summed E-state index contributed by atoms with van der Waals surface area (Å²) in [4.78, 5) is 29.4. The monoisotopic (exact) mass is 356 g/mol. The number of aromatic amines is 1. The first-order chi connectivity index (χ1) is 12.1. The molecule has 1 amide bonds. The third-order valence-electron chi connectivity index (χ3n) is 4.99. The van der Waals surface area contributed by atoms with E-state index in [2.05, 4.69) is 15.2 Å². The van der Waals surface area contributed by atoms with Crippen molar-refractivity contribution in [3.05, 3.63) is 46.1 Å². The van der Waals surface area contributed by atoms with Gasteiger partial charge in [0.2, 0.25) is 5.95 Å². The molecule has 5 heterocycles. The fourth-order valence-corrected chi connectivity index (χ4v) is 4.66. The average Bonchev–Trinajstić information content (AvgIpc) is 3.10. The highest BCUT2D eigenvalue weighted by atomic mass is 32.2. The van der Waals surface area contributed by atoms with Gasteiger partial charge in [-0.05, 0) is 19.1 Å². The van der Waals surface area contributed by atoms with Gasteiger partial charge in [-0.25, -0.2) is 9.20 Å². The Bertz CT molecular complexity index is 1050. The van der Waals surface area contributed by atoms with E-state index in [-0.39, 0.29) is 11.5 Å². The molecule has 1 N–H and O–H groups in total. The second kappa shape index (κ2) is 4.98. The van der Waals surface area contributed by atoms with Gasteiger partial charge in [0.05, 0.1) is 17.5 Å². The molecular formula is C16H16N6O2S. The van der Waals surface area contributed by atoms with Crippen molar-refractivity contribution in [2.45, 2.75) is 6.92 Å². The Hall–Kier alpha value is -2.55. The molecule has 0 atom stereocenters. The highest BCUT2D eigenvalue weighted by Crippen LogP contribution is 2.45. The van der Waals surface area contributed by atoms with Crippen LogP contribution < -0.4 is 5.56 Å². The van der Waals surface area contributed by atoms with E-state index in [0.717, 1.165) is 24.6 Å². The first-order valence-electron chi connectivity index (χ1n) is 8.06. The van der Waals surface area contributed by atoms with Crippen molar-refractivity contribution in [1.82, 2.24) is 29.3 Å². The summed E-state index contributed by atoms with van der Waals surface area (Å²) < 4.78 is 3.01. The lowest BCUT2D eigenvalue weighted by molar-refractivity contribution is 0.0230. The summed E-state index contributed by atoms with van der Waals surface area (Å²) in [7, 11) is 0. The van der Waals surface area contributed by atoms with Crippen LogP contribution in [0.2, 0.25) is 0 Å². The number of H-pyrrole nitrogens is 1. The summed E-state index contributed by atoms with van der Waals surface area (Å²) >= 11 is 1.94. The number of aromatic nitrogens is 5. The molecule has 25 heavy (non-hydrogen) atoms. The third-order valence-corrected chi connectivity index (χ3v) is 6.62. The average molecular weight is 356 g/mol. The van der Waals surface area contributed by atoms with Gasteiger partial charge in [-0.3, -0.25) is 14.6 Å². The Kier molecular flexibility index (Phi) is 2.94. The summed E-state index contributed by atoms with van der Waals surface area (Å²) in [6, 6.07) is 3.45. The Morgan fingerprint density at radius 2 is 2.16 bits per heavy atom. The van der Waals surface area contributed by atoms with E-state index in [0.29, 0.717) is 28.1 Å². The summed E-state index contributed by atoms with van der Waals surface area (Å²) in [5.41, 5.74) is 1.80. The molecule has 3 aromatic rings. The van der Waals surface area contributed by atoms with Crippen LogP contribution in [0.15, 0.2) is 29.3 Å². The Balaban J connectivity index is 1.47. The molecule has 2 aliphatic rings. The fourth-order valence-electron chi connectivity index (χ4n) is 3.51. The number of hydrogen-bond donors (Lipinski definition) is 1. The minimum absolute atomic E-state index is 0.00401. The molecule has 9 heteroatoms. The topological polar surface area (TPSA) is 88.3 Å². The quantitative estimate of drug-likeness (QED) is 0.730. The van der Waals surface area contributed by atoms with Gasteiger partial charge in [-0.15, -0.1) is 5.10 Å². The lowest BCUT2D eigenvalue weighted by atomic mass is 9.82. The van der Waals surface area contributed by atoms with Crippen LogP contribution in [-0.4, -0.2) is 59.8 Å². The summed E-state index contributed by atoms with van der Waals surface area (Å²) in [5, 5.41) is 8.63. The number of likely N-dealkylation sites (tertiary alicyclic amines) is 1. The van der Waals surface area contributed by atoms with Crippen LogP contribution in [0.3, 0.4) is 0 Å². The first kappa shape index (κ1) is 14.8. The minimum Gasteiger partial charge on any atom is -0.337 e. The zero-order valence-electron chi connectivity index (χ0n) is 13.6. The molecule has 0 saturated carbocycles. The lowest BCUT2D eigenvalue weighted by Gasteiger charge is -2.55. The van der Waals surface area contributed by atoms with Gasteiger partial charge in [0.25, 0.3) is 11.5 Å². The van der Waals surface area contributed by atoms with E-state index < -0.39 is 0 Å².